The summed E-state index contributed by atoms with van der Waals surface area (Å²) in [6, 6.07) is 4.98. The Bertz CT molecular complexity index is 1040. The average molecular weight is 450 g/mol. The summed E-state index contributed by atoms with van der Waals surface area (Å²) in [7, 11) is -2.24. The second kappa shape index (κ2) is 9.52. The number of carbonyl (C=O) groups is 1. The lowest BCUT2D eigenvalue weighted by Gasteiger charge is -2.22. The maximum Gasteiger partial charge on any atom is 0.254 e. The molecule has 9 nitrogen and oxygen atoms in total. The van der Waals surface area contributed by atoms with E-state index in [4.69, 9.17) is 14.0 Å². The molecule has 2 heterocycles. The van der Waals surface area contributed by atoms with E-state index in [1.165, 1.54) is 11.4 Å². The number of nitrogens with zero attached hydrogens (tertiary/aromatic N) is 3. The Balaban J connectivity index is 1.75. The summed E-state index contributed by atoms with van der Waals surface area (Å²) in [6.07, 6.45) is 2.14. The van der Waals surface area contributed by atoms with Gasteiger partial charge in [0.15, 0.2) is 17.3 Å². The zero-order chi connectivity index (χ0) is 22.6. The molecule has 0 saturated carbocycles. The molecule has 1 fully saturated rings. The standard InChI is InChI=1S/C21H27N3O6S/c1-5-13-29-18-8-7-17(14-19(18)28-4)21(25)23-9-6-10-24(12-11-23)31(26,27)20-15(2)22-30-16(20)3/h5,7-8,14H,1,6,9-13H2,2-4H3. The summed E-state index contributed by atoms with van der Waals surface area (Å²) in [5.74, 6) is 1.04. The van der Waals surface area contributed by atoms with Crippen molar-refractivity contribution in [1.82, 2.24) is 14.4 Å². The van der Waals surface area contributed by atoms with E-state index in [1.54, 1.807) is 43.0 Å². The normalized spacial score (nSPS) is 15.4. The predicted molar refractivity (Wildman–Crippen MR) is 114 cm³/mol. The first kappa shape index (κ1) is 22.8. The third-order valence-corrected chi connectivity index (χ3v) is 7.22. The Hall–Kier alpha value is -2.85. The monoisotopic (exact) mass is 449 g/mol. The lowest BCUT2D eigenvalue weighted by atomic mass is 10.1. The molecule has 1 aromatic carbocycles. The van der Waals surface area contributed by atoms with Gasteiger partial charge < -0.3 is 18.9 Å². The maximum absolute atomic E-state index is 13.1. The number of amides is 1. The van der Waals surface area contributed by atoms with Crippen molar-refractivity contribution in [2.24, 2.45) is 0 Å². The van der Waals surface area contributed by atoms with Crippen molar-refractivity contribution in [3.05, 3.63) is 47.9 Å². The zero-order valence-corrected chi connectivity index (χ0v) is 18.8. The number of carbonyl (C=O) groups excluding carboxylic acids is 1. The van der Waals surface area contributed by atoms with Crippen molar-refractivity contribution in [3.8, 4) is 11.5 Å². The Morgan fingerprint density at radius 3 is 2.65 bits per heavy atom. The minimum atomic E-state index is -3.75. The number of methoxy groups -OCH3 is 1. The first-order chi connectivity index (χ1) is 14.8. The van der Waals surface area contributed by atoms with Crippen molar-refractivity contribution < 1.29 is 27.2 Å². The Kier molecular flexibility index (Phi) is 7.01. The van der Waals surface area contributed by atoms with Crippen LogP contribution in [0, 0.1) is 13.8 Å². The third kappa shape index (κ3) is 4.75. The minimum Gasteiger partial charge on any atom is -0.493 e. The Morgan fingerprint density at radius 1 is 1.23 bits per heavy atom. The quantitative estimate of drug-likeness (QED) is 0.598. The number of benzene rings is 1. The third-order valence-electron chi connectivity index (χ3n) is 5.08. The highest BCUT2D eigenvalue weighted by molar-refractivity contribution is 7.89. The van der Waals surface area contributed by atoms with Crippen LogP contribution in [0.2, 0.25) is 0 Å². The van der Waals surface area contributed by atoms with Crippen molar-refractivity contribution in [1.29, 1.82) is 0 Å². The molecule has 10 heteroatoms. The van der Waals surface area contributed by atoms with E-state index >= 15 is 0 Å². The molecule has 2 aromatic rings. The number of rotatable bonds is 7. The van der Waals surface area contributed by atoms with Gasteiger partial charge in [-0.05, 0) is 38.5 Å². The molecule has 31 heavy (non-hydrogen) atoms. The minimum absolute atomic E-state index is 0.104. The van der Waals surface area contributed by atoms with Gasteiger partial charge in [0.2, 0.25) is 10.0 Å². The van der Waals surface area contributed by atoms with Gasteiger partial charge in [0.05, 0.1) is 7.11 Å². The van der Waals surface area contributed by atoms with Crippen LogP contribution in [-0.2, 0) is 10.0 Å². The molecule has 0 unspecified atom stereocenters. The number of hydrogen-bond acceptors (Lipinski definition) is 7. The number of sulfonamides is 1. The molecule has 0 atom stereocenters. The van der Waals surface area contributed by atoms with Crippen LogP contribution < -0.4 is 9.47 Å². The molecule has 0 N–H and O–H groups in total. The second-order valence-corrected chi connectivity index (χ2v) is 9.04. The molecule has 1 amide bonds. The molecule has 0 aliphatic carbocycles. The molecular weight excluding hydrogens is 422 g/mol. The van der Waals surface area contributed by atoms with E-state index < -0.39 is 10.0 Å². The van der Waals surface area contributed by atoms with Crippen LogP contribution in [0.3, 0.4) is 0 Å². The second-order valence-electron chi connectivity index (χ2n) is 7.17. The van der Waals surface area contributed by atoms with Gasteiger partial charge in [-0.3, -0.25) is 4.79 Å². The highest BCUT2D eigenvalue weighted by Gasteiger charge is 2.33. The predicted octanol–water partition coefficient (Wildman–Crippen LogP) is 2.40. The molecular formula is C21H27N3O6S. The molecule has 0 bridgehead atoms. The van der Waals surface area contributed by atoms with Crippen LogP contribution >= 0.6 is 0 Å². The van der Waals surface area contributed by atoms with Crippen LogP contribution in [0.15, 0.2) is 40.3 Å². The summed E-state index contributed by atoms with van der Waals surface area (Å²) in [5, 5.41) is 3.75. The number of hydrogen-bond donors (Lipinski definition) is 0. The van der Waals surface area contributed by atoms with Gasteiger partial charge in [-0.1, -0.05) is 17.8 Å². The lowest BCUT2D eigenvalue weighted by Crippen LogP contribution is -2.37. The van der Waals surface area contributed by atoms with E-state index in [-0.39, 0.29) is 29.7 Å². The van der Waals surface area contributed by atoms with Crippen LogP contribution in [0.4, 0.5) is 0 Å². The van der Waals surface area contributed by atoms with E-state index in [0.29, 0.717) is 48.9 Å². The topological polar surface area (TPSA) is 102 Å². The molecule has 0 radical (unpaired) electrons. The van der Waals surface area contributed by atoms with Gasteiger partial charge in [0.25, 0.3) is 5.91 Å². The van der Waals surface area contributed by atoms with Crippen LogP contribution in [-0.4, -0.2) is 68.6 Å². The largest absolute Gasteiger partial charge is 0.493 e. The van der Waals surface area contributed by atoms with Gasteiger partial charge in [0.1, 0.15) is 17.2 Å². The van der Waals surface area contributed by atoms with Gasteiger partial charge in [-0.15, -0.1) is 0 Å². The van der Waals surface area contributed by atoms with Crippen LogP contribution in [0.25, 0.3) is 0 Å². The fraction of sp³-hybridized carbons (Fsp3) is 0.429. The van der Waals surface area contributed by atoms with Crippen molar-refractivity contribution in [2.75, 3.05) is 39.9 Å². The fourth-order valence-corrected chi connectivity index (χ4v) is 5.32. The van der Waals surface area contributed by atoms with Gasteiger partial charge in [0, 0.05) is 31.7 Å². The van der Waals surface area contributed by atoms with Crippen LogP contribution in [0.5, 0.6) is 11.5 Å². The highest BCUT2D eigenvalue weighted by atomic mass is 32.2. The molecule has 1 aliphatic heterocycles. The summed E-state index contributed by atoms with van der Waals surface area (Å²) in [6.45, 7) is 8.35. The Morgan fingerprint density at radius 2 is 2.00 bits per heavy atom. The molecule has 1 saturated heterocycles. The van der Waals surface area contributed by atoms with E-state index in [9.17, 15) is 13.2 Å². The number of aryl methyl sites for hydroxylation is 2. The van der Waals surface area contributed by atoms with E-state index in [1.807, 2.05) is 0 Å². The lowest BCUT2D eigenvalue weighted by molar-refractivity contribution is 0.0764. The summed E-state index contributed by atoms with van der Waals surface area (Å²) in [5.41, 5.74) is 0.783. The van der Waals surface area contributed by atoms with E-state index in [2.05, 4.69) is 11.7 Å². The van der Waals surface area contributed by atoms with Crippen molar-refractivity contribution in [2.45, 2.75) is 25.2 Å². The first-order valence-corrected chi connectivity index (χ1v) is 11.4. The zero-order valence-electron chi connectivity index (χ0n) is 18.0. The van der Waals surface area contributed by atoms with Gasteiger partial charge in [-0.25, -0.2) is 8.42 Å². The summed E-state index contributed by atoms with van der Waals surface area (Å²) >= 11 is 0. The Labute approximate surface area is 182 Å². The highest BCUT2D eigenvalue weighted by Crippen LogP contribution is 2.29. The van der Waals surface area contributed by atoms with Crippen molar-refractivity contribution >= 4 is 15.9 Å². The summed E-state index contributed by atoms with van der Waals surface area (Å²) in [4.78, 5) is 14.8. The smallest absolute Gasteiger partial charge is 0.254 e. The number of ether oxygens (including phenoxy) is 2. The van der Waals surface area contributed by atoms with E-state index in [0.717, 1.165) is 0 Å². The number of aromatic nitrogens is 1. The molecule has 168 valence electrons. The average Bonchev–Trinajstić information content (AvgIpc) is 2.95. The van der Waals surface area contributed by atoms with Gasteiger partial charge >= 0.3 is 0 Å². The van der Waals surface area contributed by atoms with Crippen LogP contribution in [0.1, 0.15) is 28.2 Å². The summed E-state index contributed by atoms with van der Waals surface area (Å²) < 4.78 is 43.4. The first-order valence-electron chi connectivity index (χ1n) is 9.93. The molecule has 1 aromatic heterocycles. The van der Waals surface area contributed by atoms with Gasteiger partial charge in [-0.2, -0.15) is 4.31 Å². The van der Waals surface area contributed by atoms with Crippen molar-refractivity contribution in [3.63, 3.8) is 0 Å². The molecule has 1 aliphatic rings. The molecule has 3 rings (SSSR count). The SMILES string of the molecule is C=CCOc1ccc(C(=O)N2CCCN(S(=O)(=O)c3c(C)noc3C)CC2)cc1OC. The fourth-order valence-electron chi connectivity index (χ4n) is 3.56. The molecule has 0 spiro atoms. The maximum atomic E-state index is 13.1.